The Labute approximate surface area is 157 Å². The molecule has 2 aromatic rings. The summed E-state index contributed by atoms with van der Waals surface area (Å²) in [6.07, 6.45) is 3.47. The van der Waals surface area contributed by atoms with Gasteiger partial charge in [-0.2, -0.15) is 4.37 Å². The Hall–Kier alpha value is -1.80. The monoisotopic (exact) mass is 372 g/mol. The number of hydrogen-bond donors (Lipinski definition) is 0. The minimum Gasteiger partial charge on any atom is -0.377 e. The van der Waals surface area contributed by atoms with Crippen LogP contribution in [0.5, 0.6) is 0 Å². The molecule has 4 heterocycles. The van der Waals surface area contributed by atoms with Crippen molar-refractivity contribution in [3.8, 4) is 0 Å². The number of anilines is 2. The predicted octanol–water partition coefficient (Wildman–Crippen LogP) is 1.84. The molecule has 0 radical (unpaired) electrons. The molecule has 0 aromatic carbocycles. The van der Waals surface area contributed by atoms with E-state index < -0.39 is 0 Å². The second kappa shape index (κ2) is 6.42. The van der Waals surface area contributed by atoms with E-state index in [1.165, 1.54) is 35.0 Å². The van der Waals surface area contributed by atoms with Crippen LogP contribution in [0.4, 0.5) is 10.9 Å². The third-order valence-corrected chi connectivity index (χ3v) is 6.63. The van der Waals surface area contributed by atoms with E-state index in [1.807, 2.05) is 6.92 Å². The molecule has 138 valence electrons. The first-order valence-corrected chi connectivity index (χ1v) is 10.2. The van der Waals surface area contributed by atoms with Crippen LogP contribution in [-0.2, 0) is 24.2 Å². The van der Waals surface area contributed by atoms with Crippen LogP contribution in [0.25, 0.3) is 0 Å². The second-order valence-electron chi connectivity index (χ2n) is 7.63. The first kappa shape index (κ1) is 16.4. The van der Waals surface area contributed by atoms with E-state index in [9.17, 15) is 0 Å². The molecule has 1 aliphatic carbocycles. The minimum atomic E-state index is 0.489. The van der Waals surface area contributed by atoms with Crippen LogP contribution >= 0.6 is 11.5 Å². The van der Waals surface area contributed by atoms with Gasteiger partial charge < -0.3 is 14.5 Å². The van der Waals surface area contributed by atoms with Crippen LogP contribution < -0.4 is 9.80 Å². The molecule has 2 fully saturated rings. The van der Waals surface area contributed by atoms with Gasteiger partial charge in [0.1, 0.15) is 18.2 Å². The Balaban J connectivity index is 1.30. The topological polar surface area (TPSA) is 67.3 Å². The highest BCUT2D eigenvalue weighted by molar-refractivity contribution is 7.09. The lowest BCUT2D eigenvalue weighted by molar-refractivity contribution is 0.179. The number of nitrogens with zero attached hydrogens (tertiary/aromatic N) is 6. The lowest BCUT2D eigenvalue weighted by Gasteiger charge is -2.24. The molecule has 2 unspecified atom stereocenters. The first-order valence-electron chi connectivity index (χ1n) is 9.39. The van der Waals surface area contributed by atoms with Crippen LogP contribution in [0.3, 0.4) is 0 Å². The van der Waals surface area contributed by atoms with Crippen LogP contribution in [0, 0.1) is 18.8 Å². The average molecular weight is 372 g/mol. The third-order valence-electron chi connectivity index (χ3n) is 5.81. The molecular weight excluding hydrogens is 348 g/mol. The minimum absolute atomic E-state index is 0.489. The van der Waals surface area contributed by atoms with Crippen molar-refractivity contribution in [1.82, 2.24) is 19.3 Å². The Morgan fingerprint density at radius 3 is 2.58 bits per heavy atom. The van der Waals surface area contributed by atoms with E-state index in [1.54, 1.807) is 7.11 Å². The van der Waals surface area contributed by atoms with E-state index in [0.29, 0.717) is 18.4 Å². The molecule has 2 aromatic heterocycles. The van der Waals surface area contributed by atoms with Crippen LogP contribution in [-0.4, -0.2) is 52.6 Å². The number of fused-ring (bicyclic) bond motifs is 2. The van der Waals surface area contributed by atoms with Gasteiger partial charge in [-0.15, -0.1) is 0 Å². The van der Waals surface area contributed by atoms with Gasteiger partial charge >= 0.3 is 0 Å². The summed E-state index contributed by atoms with van der Waals surface area (Å²) in [5, 5.41) is 1.04. The summed E-state index contributed by atoms with van der Waals surface area (Å²) in [4.78, 5) is 19.0. The number of ether oxygens (including phenoxy) is 1. The first-order chi connectivity index (χ1) is 12.7. The molecule has 0 bridgehead atoms. The van der Waals surface area contributed by atoms with E-state index in [4.69, 9.17) is 9.72 Å². The highest BCUT2D eigenvalue weighted by Gasteiger charge is 2.42. The number of methoxy groups -OCH3 is 1. The van der Waals surface area contributed by atoms with Crippen molar-refractivity contribution in [2.75, 3.05) is 43.1 Å². The van der Waals surface area contributed by atoms with Crippen molar-refractivity contribution in [2.24, 2.45) is 11.8 Å². The fraction of sp³-hybridized carbons (Fsp3) is 0.667. The van der Waals surface area contributed by atoms with Gasteiger partial charge in [-0.25, -0.2) is 15.0 Å². The highest BCUT2D eigenvalue weighted by Crippen LogP contribution is 2.38. The molecule has 0 amide bonds. The van der Waals surface area contributed by atoms with E-state index in [0.717, 1.165) is 55.8 Å². The van der Waals surface area contributed by atoms with Gasteiger partial charge in [-0.05, 0) is 26.2 Å². The standard InChI is InChI=1S/C18H24N6OS/c1-11-19-15-5-3-4-14(15)17(20-11)23-6-12-8-24(9-13(12)7-23)18-21-16(10-25-2)22-26-18/h12-13H,3-10H2,1-2H3. The maximum atomic E-state index is 5.13. The Morgan fingerprint density at radius 2 is 1.81 bits per heavy atom. The molecule has 5 rings (SSSR count). The average Bonchev–Trinajstić information content (AvgIpc) is 3.36. The van der Waals surface area contributed by atoms with E-state index in [-0.39, 0.29) is 0 Å². The zero-order chi connectivity index (χ0) is 17.7. The van der Waals surface area contributed by atoms with Gasteiger partial charge in [0.2, 0.25) is 5.13 Å². The van der Waals surface area contributed by atoms with Gasteiger partial charge in [-0.1, -0.05) is 0 Å². The largest absolute Gasteiger partial charge is 0.377 e. The maximum Gasteiger partial charge on any atom is 0.205 e. The summed E-state index contributed by atoms with van der Waals surface area (Å²) >= 11 is 1.49. The molecular formula is C18H24N6OS. The lowest BCUT2D eigenvalue weighted by atomic mass is 10.0. The van der Waals surface area contributed by atoms with E-state index >= 15 is 0 Å². The molecule has 0 spiro atoms. The number of rotatable bonds is 4. The molecule has 2 atom stereocenters. The van der Waals surface area contributed by atoms with Gasteiger partial charge in [-0.3, -0.25) is 0 Å². The summed E-state index contributed by atoms with van der Waals surface area (Å²) in [7, 11) is 1.68. The molecule has 0 N–H and O–H groups in total. The smallest absolute Gasteiger partial charge is 0.205 e. The van der Waals surface area contributed by atoms with Crippen molar-refractivity contribution in [1.29, 1.82) is 0 Å². The molecule has 7 nitrogen and oxygen atoms in total. The zero-order valence-corrected chi connectivity index (χ0v) is 16.1. The molecule has 8 heteroatoms. The van der Waals surface area contributed by atoms with Gasteiger partial charge in [0, 0.05) is 67.9 Å². The van der Waals surface area contributed by atoms with Crippen LogP contribution in [0.2, 0.25) is 0 Å². The normalized spacial score (nSPS) is 24.4. The van der Waals surface area contributed by atoms with Gasteiger partial charge in [0.15, 0.2) is 5.82 Å². The van der Waals surface area contributed by atoms with Crippen molar-refractivity contribution in [3.05, 3.63) is 22.9 Å². The van der Waals surface area contributed by atoms with E-state index in [2.05, 4.69) is 24.1 Å². The summed E-state index contributed by atoms with van der Waals surface area (Å²) in [5.74, 6) is 4.27. The molecule has 2 aliphatic heterocycles. The van der Waals surface area contributed by atoms with Crippen molar-refractivity contribution < 1.29 is 4.74 Å². The van der Waals surface area contributed by atoms with Crippen LogP contribution in [0.15, 0.2) is 0 Å². The predicted molar refractivity (Wildman–Crippen MR) is 101 cm³/mol. The summed E-state index contributed by atoms with van der Waals surface area (Å²) in [5.41, 5.74) is 2.69. The highest BCUT2D eigenvalue weighted by atomic mass is 32.1. The summed E-state index contributed by atoms with van der Waals surface area (Å²) in [6, 6.07) is 0. The zero-order valence-electron chi connectivity index (χ0n) is 15.3. The Kier molecular flexibility index (Phi) is 4.04. The molecule has 0 saturated carbocycles. The second-order valence-corrected chi connectivity index (χ2v) is 8.36. The fourth-order valence-corrected chi connectivity index (χ4v) is 5.37. The quantitative estimate of drug-likeness (QED) is 0.811. The molecule has 2 saturated heterocycles. The lowest BCUT2D eigenvalue weighted by Crippen LogP contribution is -2.30. The number of hydrogen-bond acceptors (Lipinski definition) is 8. The van der Waals surface area contributed by atoms with Gasteiger partial charge in [0.25, 0.3) is 0 Å². The van der Waals surface area contributed by atoms with Crippen molar-refractivity contribution >= 4 is 22.5 Å². The Morgan fingerprint density at radius 1 is 1.04 bits per heavy atom. The Bertz CT molecular complexity index is 810. The third kappa shape index (κ3) is 2.75. The fourth-order valence-electron chi connectivity index (χ4n) is 4.68. The van der Waals surface area contributed by atoms with Crippen LogP contribution in [0.1, 0.15) is 29.3 Å². The summed E-state index contributed by atoms with van der Waals surface area (Å²) in [6.45, 7) is 6.82. The number of aromatic nitrogens is 4. The summed E-state index contributed by atoms with van der Waals surface area (Å²) < 4.78 is 9.52. The van der Waals surface area contributed by atoms with Crippen molar-refractivity contribution in [2.45, 2.75) is 32.8 Å². The molecule has 26 heavy (non-hydrogen) atoms. The maximum absolute atomic E-state index is 5.13. The van der Waals surface area contributed by atoms with Crippen molar-refractivity contribution in [3.63, 3.8) is 0 Å². The molecule has 3 aliphatic rings. The SMILES string of the molecule is COCc1nsc(N2CC3CN(c4nc(C)nc5c4CCC5)CC3C2)n1. The number of aryl methyl sites for hydroxylation is 2. The van der Waals surface area contributed by atoms with Gasteiger partial charge in [0.05, 0.1) is 0 Å².